The molecule has 1 unspecified atom stereocenters. The number of nitrogens with zero attached hydrogens (tertiary/aromatic N) is 4. The molecule has 0 bridgehead atoms. The molecular weight excluding hydrogens is 438 g/mol. The van der Waals surface area contributed by atoms with Crippen LogP contribution >= 0.6 is 0 Å². The Morgan fingerprint density at radius 1 is 1.06 bits per heavy atom. The summed E-state index contributed by atoms with van der Waals surface area (Å²) in [5.41, 5.74) is 5.43. The highest BCUT2D eigenvalue weighted by Gasteiger charge is 2.24. The summed E-state index contributed by atoms with van der Waals surface area (Å²) in [4.78, 5) is 28.6. The van der Waals surface area contributed by atoms with Gasteiger partial charge in [-0.3, -0.25) is 9.78 Å². The van der Waals surface area contributed by atoms with Gasteiger partial charge >= 0.3 is 0 Å². The second-order valence-corrected chi connectivity index (χ2v) is 9.11. The Morgan fingerprint density at radius 2 is 1.91 bits per heavy atom. The van der Waals surface area contributed by atoms with E-state index < -0.39 is 0 Å². The van der Waals surface area contributed by atoms with E-state index >= 15 is 0 Å². The Kier molecular flexibility index (Phi) is 6.68. The van der Waals surface area contributed by atoms with E-state index in [9.17, 15) is 4.79 Å². The van der Waals surface area contributed by atoms with Crippen molar-refractivity contribution in [3.63, 3.8) is 0 Å². The maximum absolute atomic E-state index is 13.4. The van der Waals surface area contributed by atoms with Gasteiger partial charge in [-0.05, 0) is 68.3 Å². The number of carbonyl (C=O) groups is 1. The number of benzene rings is 2. The van der Waals surface area contributed by atoms with E-state index in [1.165, 1.54) is 5.56 Å². The van der Waals surface area contributed by atoms with Crippen LogP contribution in [-0.2, 0) is 11.2 Å². The maximum atomic E-state index is 13.4. The van der Waals surface area contributed by atoms with Gasteiger partial charge in [0.25, 0.3) is 5.91 Å². The zero-order chi connectivity index (χ0) is 24.2. The predicted molar refractivity (Wildman–Crippen MR) is 137 cm³/mol. The third-order valence-electron chi connectivity index (χ3n) is 6.16. The molecule has 1 atom stereocenters. The minimum absolute atomic E-state index is 0.00760. The normalized spacial score (nSPS) is 16.2. The molecule has 1 fully saturated rings. The number of aromatic nitrogens is 3. The Labute approximate surface area is 205 Å². The summed E-state index contributed by atoms with van der Waals surface area (Å²) in [6, 6.07) is 19.8. The molecule has 0 spiro atoms. The van der Waals surface area contributed by atoms with Crippen molar-refractivity contribution in [3.8, 4) is 0 Å². The molecule has 7 heteroatoms. The van der Waals surface area contributed by atoms with Gasteiger partial charge in [-0.25, -0.2) is 9.97 Å². The lowest BCUT2D eigenvalue weighted by Gasteiger charge is -2.24. The van der Waals surface area contributed by atoms with Crippen molar-refractivity contribution in [2.75, 3.05) is 31.6 Å². The average Bonchev–Trinajstić information content (AvgIpc) is 3.08. The van der Waals surface area contributed by atoms with E-state index in [4.69, 9.17) is 4.74 Å². The first kappa shape index (κ1) is 22.9. The summed E-state index contributed by atoms with van der Waals surface area (Å²) in [7, 11) is 0. The highest BCUT2D eigenvalue weighted by molar-refractivity contribution is 5.95. The van der Waals surface area contributed by atoms with Crippen molar-refractivity contribution < 1.29 is 9.53 Å². The molecule has 0 aliphatic carbocycles. The number of aryl methyl sites for hydroxylation is 2. The molecule has 1 aliphatic heterocycles. The van der Waals surface area contributed by atoms with Gasteiger partial charge in [0, 0.05) is 53.2 Å². The molecule has 3 heterocycles. The van der Waals surface area contributed by atoms with Crippen molar-refractivity contribution in [2.24, 2.45) is 5.92 Å². The molecule has 35 heavy (non-hydrogen) atoms. The second-order valence-electron chi connectivity index (χ2n) is 9.11. The molecule has 1 N–H and O–H groups in total. The van der Waals surface area contributed by atoms with Crippen LogP contribution in [0.5, 0.6) is 0 Å². The predicted octanol–water partition coefficient (Wildman–Crippen LogP) is 4.72. The van der Waals surface area contributed by atoms with Crippen LogP contribution in [0, 0.1) is 19.8 Å². The van der Waals surface area contributed by atoms with Crippen LogP contribution in [0.3, 0.4) is 0 Å². The van der Waals surface area contributed by atoms with Gasteiger partial charge in [0.1, 0.15) is 0 Å². The summed E-state index contributed by atoms with van der Waals surface area (Å²) >= 11 is 0. The summed E-state index contributed by atoms with van der Waals surface area (Å²) in [6.45, 7) is 6.29. The van der Waals surface area contributed by atoms with Gasteiger partial charge < -0.3 is 15.0 Å². The number of amides is 1. The standard InChI is InChI=1S/C28H29N5O2/c1-19-13-20(2)31-28(30-19)32-25-7-3-5-24(16-25)27(34)33-11-12-35-18-22(17-33)14-21-8-9-26-23(15-21)6-4-10-29-26/h3-10,13,15-16,22H,11-12,14,17-18H2,1-2H3,(H,30,31,32). The number of anilines is 2. The number of nitrogens with one attached hydrogen (secondary N) is 1. The summed E-state index contributed by atoms with van der Waals surface area (Å²) in [6.07, 6.45) is 2.66. The van der Waals surface area contributed by atoms with Crippen molar-refractivity contribution in [1.82, 2.24) is 19.9 Å². The number of ether oxygens (including phenoxy) is 1. The molecule has 4 aromatic rings. The van der Waals surface area contributed by atoms with Crippen LogP contribution in [0.2, 0.25) is 0 Å². The maximum Gasteiger partial charge on any atom is 0.254 e. The van der Waals surface area contributed by atoms with Gasteiger partial charge in [-0.1, -0.05) is 18.2 Å². The number of rotatable bonds is 5. The van der Waals surface area contributed by atoms with E-state index in [0.29, 0.717) is 37.8 Å². The smallest absolute Gasteiger partial charge is 0.254 e. The third-order valence-corrected chi connectivity index (χ3v) is 6.16. The van der Waals surface area contributed by atoms with Gasteiger partial charge in [0.2, 0.25) is 5.95 Å². The first-order valence-corrected chi connectivity index (χ1v) is 11.9. The molecule has 0 saturated carbocycles. The van der Waals surface area contributed by atoms with Crippen LogP contribution in [-0.4, -0.2) is 52.1 Å². The molecule has 5 rings (SSSR count). The van der Waals surface area contributed by atoms with Crippen molar-refractivity contribution in [1.29, 1.82) is 0 Å². The Morgan fingerprint density at radius 3 is 2.77 bits per heavy atom. The number of carbonyl (C=O) groups excluding carboxylic acids is 1. The molecule has 2 aromatic carbocycles. The van der Waals surface area contributed by atoms with E-state index in [-0.39, 0.29) is 11.8 Å². The lowest BCUT2D eigenvalue weighted by molar-refractivity contribution is 0.0737. The second kappa shape index (κ2) is 10.2. The molecular formula is C28H29N5O2. The Hall–Kier alpha value is -3.84. The molecule has 178 valence electrons. The van der Waals surface area contributed by atoms with Gasteiger partial charge in [0.15, 0.2) is 0 Å². The zero-order valence-electron chi connectivity index (χ0n) is 20.1. The monoisotopic (exact) mass is 467 g/mol. The topological polar surface area (TPSA) is 80.2 Å². The molecule has 0 radical (unpaired) electrons. The highest BCUT2D eigenvalue weighted by Crippen LogP contribution is 2.21. The fraction of sp³-hybridized carbons (Fsp3) is 0.286. The minimum Gasteiger partial charge on any atom is -0.379 e. The van der Waals surface area contributed by atoms with Crippen LogP contribution in [0.4, 0.5) is 11.6 Å². The molecule has 1 aliphatic rings. The summed E-state index contributed by atoms with van der Waals surface area (Å²) in [5.74, 6) is 0.759. The average molecular weight is 468 g/mol. The summed E-state index contributed by atoms with van der Waals surface area (Å²) in [5, 5.41) is 4.36. The molecule has 2 aromatic heterocycles. The zero-order valence-corrected chi connectivity index (χ0v) is 20.1. The van der Waals surface area contributed by atoms with Gasteiger partial charge in [0.05, 0.1) is 18.7 Å². The van der Waals surface area contributed by atoms with Crippen LogP contribution in [0.1, 0.15) is 27.3 Å². The fourth-order valence-corrected chi connectivity index (χ4v) is 4.60. The lowest BCUT2D eigenvalue weighted by Crippen LogP contribution is -2.36. The quantitative estimate of drug-likeness (QED) is 0.458. The van der Waals surface area contributed by atoms with Crippen molar-refractivity contribution >= 4 is 28.4 Å². The first-order chi connectivity index (χ1) is 17.0. The molecule has 1 saturated heterocycles. The van der Waals surface area contributed by atoms with Gasteiger partial charge in [-0.15, -0.1) is 0 Å². The van der Waals surface area contributed by atoms with Crippen LogP contribution < -0.4 is 5.32 Å². The van der Waals surface area contributed by atoms with E-state index in [1.807, 2.05) is 61.3 Å². The Bertz CT molecular complexity index is 1340. The van der Waals surface area contributed by atoms with E-state index in [0.717, 1.165) is 34.4 Å². The van der Waals surface area contributed by atoms with E-state index in [2.05, 4.69) is 44.5 Å². The molecule has 7 nitrogen and oxygen atoms in total. The fourth-order valence-electron chi connectivity index (χ4n) is 4.60. The molecule has 1 amide bonds. The first-order valence-electron chi connectivity index (χ1n) is 11.9. The van der Waals surface area contributed by atoms with Crippen molar-refractivity contribution in [3.05, 3.63) is 89.4 Å². The lowest BCUT2D eigenvalue weighted by atomic mass is 9.98. The largest absolute Gasteiger partial charge is 0.379 e. The van der Waals surface area contributed by atoms with Crippen LogP contribution in [0.25, 0.3) is 10.9 Å². The highest BCUT2D eigenvalue weighted by atomic mass is 16.5. The van der Waals surface area contributed by atoms with Crippen molar-refractivity contribution in [2.45, 2.75) is 20.3 Å². The number of fused-ring (bicyclic) bond motifs is 1. The van der Waals surface area contributed by atoms with Gasteiger partial charge in [-0.2, -0.15) is 0 Å². The van der Waals surface area contributed by atoms with E-state index in [1.54, 1.807) is 0 Å². The third kappa shape index (κ3) is 5.63. The SMILES string of the molecule is Cc1cc(C)nc(Nc2cccc(C(=O)N3CCOCC(Cc4ccc5ncccc5c4)C3)c2)n1. The number of hydrogen-bond donors (Lipinski definition) is 1. The number of pyridine rings is 1. The summed E-state index contributed by atoms with van der Waals surface area (Å²) < 4.78 is 5.87. The Balaban J connectivity index is 1.29. The number of hydrogen-bond acceptors (Lipinski definition) is 6. The minimum atomic E-state index is 0.00760. The van der Waals surface area contributed by atoms with Crippen LogP contribution in [0.15, 0.2) is 66.9 Å².